The molecule has 1 heterocycles. The van der Waals surface area contributed by atoms with E-state index < -0.39 is 0 Å². The Morgan fingerprint density at radius 3 is 2.71 bits per heavy atom. The molecule has 1 saturated heterocycles. The fourth-order valence-corrected chi connectivity index (χ4v) is 4.35. The summed E-state index contributed by atoms with van der Waals surface area (Å²) in [5.41, 5.74) is 0.507. The lowest BCUT2D eigenvalue weighted by atomic mass is 9.72. The standard InChI is InChI=1S/C18H37N3/c1-6-10-19-16-8-9-18(3,4)13-17(16)21-12-7-11-20(5)14-15(21)2/h15-17,19H,6-14H2,1-5H3. The van der Waals surface area contributed by atoms with Gasteiger partial charge in [-0.2, -0.15) is 0 Å². The summed E-state index contributed by atoms with van der Waals surface area (Å²) >= 11 is 0. The molecular weight excluding hydrogens is 258 g/mol. The zero-order valence-corrected chi connectivity index (χ0v) is 15.0. The van der Waals surface area contributed by atoms with E-state index >= 15 is 0 Å². The van der Waals surface area contributed by atoms with Crippen LogP contribution in [0.1, 0.15) is 59.8 Å². The van der Waals surface area contributed by atoms with Crippen LogP contribution < -0.4 is 5.32 Å². The van der Waals surface area contributed by atoms with Crippen molar-refractivity contribution in [2.24, 2.45) is 5.41 Å². The van der Waals surface area contributed by atoms with Crippen molar-refractivity contribution in [2.45, 2.75) is 77.9 Å². The summed E-state index contributed by atoms with van der Waals surface area (Å²) in [7, 11) is 2.28. The van der Waals surface area contributed by atoms with Gasteiger partial charge in [-0.1, -0.05) is 20.8 Å². The third-order valence-electron chi connectivity index (χ3n) is 5.54. The summed E-state index contributed by atoms with van der Waals surface area (Å²) in [6.07, 6.45) is 6.62. The average molecular weight is 296 g/mol. The van der Waals surface area contributed by atoms with Gasteiger partial charge in [0.2, 0.25) is 0 Å². The topological polar surface area (TPSA) is 18.5 Å². The Labute approximate surface area is 132 Å². The molecule has 1 N–H and O–H groups in total. The summed E-state index contributed by atoms with van der Waals surface area (Å²) in [6.45, 7) is 14.6. The highest BCUT2D eigenvalue weighted by Gasteiger charge is 2.39. The first kappa shape index (κ1) is 17.2. The van der Waals surface area contributed by atoms with E-state index in [-0.39, 0.29) is 0 Å². The van der Waals surface area contributed by atoms with Gasteiger partial charge in [-0.15, -0.1) is 0 Å². The average Bonchev–Trinajstić information content (AvgIpc) is 2.57. The van der Waals surface area contributed by atoms with Crippen molar-refractivity contribution in [3.05, 3.63) is 0 Å². The third-order valence-corrected chi connectivity index (χ3v) is 5.54. The van der Waals surface area contributed by atoms with Gasteiger partial charge in [-0.3, -0.25) is 4.90 Å². The Kier molecular flexibility index (Phi) is 6.10. The molecule has 0 amide bonds. The smallest absolute Gasteiger partial charge is 0.0257 e. The van der Waals surface area contributed by atoms with Gasteiger partial charge in [0.05, 0.1) is 0 Å². The monoisotopic (exact) mass is 295 g/mol. The van der Waals surface area contributed by atoms with Crippen LogP contribution in [-0.4, -0.2) is 61.2 Å². The number of nitrogens with one attached hydrogen (secondary N) is 1. The van der Waals surface area contributed by atoms with Gasteiger partial charge >= 0.3 is 0 Å². The molecule has 0 bridgehead atoms. The Bertz CT molecular complexity index is 316. The van der Waals surface area contributed by atoms with Crippen LogP contribution in [-0.2, 0) is 0 Å². The lowest BCUT2D eigenvalue weighted by Crippen LogP contribution is -2.57. The molecule has 2 aliphatic rings. The largest absolute Gasteiger partial charge is 0.312 e. The second-order valence-corrected chi connectivity index (χ2v) is 8.24. The van der Waals surface area contributed by atoms with Crippen molar-refractivity contribution in [3.8, 4) is 0 Å². The molecule has 1 saturated carbocycles. The summed E-state index contributed by atoms with van der Waals surface area (Å²) in [5.74, 6) is 0. The van der Waals surface area contributed by atoms with E-state index in [9.17, 15) is 0 Å². The van der Waals surface area contributed by atoms with E-state index in [0.29, 0.717) is 17.5 Å². The van der Waals surface area contributed by atoms with E-state index in [1.165, 1.54) is 58.3 Å². The summed E-state index contributed by atoms with van der Waals surface area (Å²) in [6, 6.07) is 2.10. The second-order valence-electron chi connectivity index (χ2n) is 8.24. The van der Waals surface area contributed by atoms with Crippen LogP contribution in [0.25, 0.3) is 0 Å². The van der Waals surface area contributed by atoms with Crippen LogP contribution in [0.3, 0.4) is 0 Å². The molecule has 3 atom stereocenters. The number of hydrogen-bond acceptors (Lipinski definition) is 3. The summed E-state index contributed by atoms with van der Waals surface area (Å²) in [5, 5.41) is 3.85. The minimum absolute atomic E-state index is 0.507. The molecule has 0 aromatic rings. The lowest BCUT2D eigenvalue weighted by Gasteiger charge is -2.48. The molecule has 1 aliphatic heterocycles. The van der Waals surface area contributed by atoms with Gasteiger partial charge in [0, 0.05) is 31.2 Å². The highest BCUT2D eigenvalue weighted by Crippen LogP contribution is 2.38. The zero-order valence-electron chi connectivity index (χ0n) is 15.0. The molecule has 1 aliphatic carbocycles. The van der Waals surface area contributed by atoms with Crippen LogP contribution in [0, 0.1) is 5.41 Å². The molecule has 3 heteroatoms. The molecule has 2 fully saturated rings. The highest BCUT2D eigenvalue weighted by molar-refractivity contribution is 4.96. The Morgan fingerprint density at radius 1 is 1.24 bits per heavy atom. The quantitative estimate of drug-likeness (QED) is 0.860. The van der Waals surface area contributed by atoms with Crippen molar-refractivity contribution >= 4 is 0 Å². The number of hydrogen-bond donors (Lipinski definition) is 1. The fraction of sp³-hybridized carbons (Fsp3) is 1.00. The second kappa shape index (κ2) is 7.43. The zero-order chi connectivity index (χ0) is 15.5. The minimum atomic E-state index is 0.507. The van der Waals surface area contributed by atoms with Crippen molar-refractivity contribution in [1.82, 2.24) is 15.1 Å². The molecule has 3 nitrogen and oxygen atoms in total. The van der Waals surface area contributed by atoms with Crippen LogP contribution in [0.2, 0.25) is 0 Å². The number of rotatable bonds is 4. The predicted octanol–water partition coefficient (Wildman–Crippen LogP) is 2.96. The molecule has 3 unspecified atom stereocenters. The maximum Gasteiger partial charge on any atom is 0.0257 e. The SMILES string of the molecule is CCCNC1CCC(C)(C)CC1N1CCCN(C)CC1C. The summed E-state index contributed by atoms with van der Waals surface area (Å²) in [4.78, 5) is 5.34. The van der Waals surface area contributed by atoms with Crippen molar-refractivity contribution < 1.29 is 0 Å². The molecule has 0 radical (unpaired) electrons. The van der Waals surface area contributed by atoms with Gasteiger partial charge in [-0.25, -0.2) is 0 Å². The molecule has 0 aromatic heterocycles. The van der Waals surface area contributed by atoms with E-state index in [1.54, 1.807) is 0 Å². The van der Waals surface area contributed by atoms with Gasteiger partial charge in [0.1, 0.15) is 0 Å². The van der Waals surface area contributed by atoms with E-state index in [0.717, 1.165) is 6.04 Å². The van der Waals surface area contributed by atoms with Crippen molar-refractivity contribution in [2.75, 3.05) is 33.2 Å². The predicted molar refractivity (Wildman–Crippen MR) is 91.8 cm³/mol. The van der Waals surface area contributed by atoms with Gasteiger partial charge in [-0.05, 0) is 64.6 Å². The number of likely N-dealkylation sites (N-methyl/N-ethyl adjacent to an activating group) is 1. The van der Waals surface area contributed by atoms with Gasteiger partial charge in [0.15, 0.2) is 0 Å². The van der Waals surface area contributed by atoms with Gasteiger partial charge in [0.25, 0.3) is 0 Å². The van der Waals surface area contributed by atoms with Crippen LogP contribution in [0.5, 0.6) is 0 Å². The van der Waals surface area contributed by atoms with Crippen LogP contribution in [0.4, 0.5) is 0 Å². The summed E-state index contributed by atoms with van der Waals surface area (Å²) < 4.78 is 0. The molecular formula is C18H37N3. The number of nitrogens with zero attached hydrogens (tertiary/aromatic N) is 2. The van der Waals surface area contributed by atoms with Gasteiger partial charge < -0.3 is 10.2 Å². The first-order valence-electron chi connectivity index (χ1n) is 9.10. The van der Waals surface area contributed by atoms with Crippen LogP contribution >= 0.6 is 0 Å². The molecule has 0 spiro atoms. The molecule has 124 valence electrons. The van der Waals surface area contributed by atoms with E-state index in [1.807, 2.05) is 0 Å². The highest BCUT2D eigenvalue weighted by atomic mass is 15.3. The molecule has 21 heavy (non-hydrogen) atoms. The normalized spacial score (nSPS) is 35.6. The Hall–Kier alpha value is -0.120. The van der Waals surface area contributed by atoms with Crippen LogP contribution in [0.15, 0.2) is 0 Å². The van der Waals surface area contributed by atoms with Crippen molar-refractivity contribution in [1.29, 1.82) is 0 Å². The molecule has 2 rings (SSSR count). The maximum atomic E-state index is 3.85. The third kappa shape index (κ3) is 4.67. The minimum Gasteiger partial charge on any atom is -0.312 e. The first-order chi connectivity index (χ1) is 9.93. The van der Waals surface area contributed by atoms with E-state index in [4.69, 9.17) is 0 Å². The molecule has 0 aromatic carbocycles. The Morgan fingerprint density at radius 2 is 2.00 bits per heavy atom. The van der Waals surface area contributed by atoms with E-state index in [2.05, 4.69) is 49.9 Å². The first-order valence-corrected chi connectivity index (χ1v) is 9.10. The Balaban J connectivity index is 2.09. The van der Waals surface area contributed by atoms with Crippen molar-refractivity contribution in [3.63, 3.8) is 0 Å². The lowest BCUT2D eigenvalue weighted by molar-refractivity contribution is 0.0420. The maximum absolute atomic E-state index is 3.85. The fourth-order valence-electron chi connectivity index (χ4n) is 4.35.